The predicted octanol–water partition coefficient (Wildman–Crippen LogP) is 11.2. The molecule has 6 N–H and O–H groups in total. The Bertz CT molecular complexity index is 2730. The monoisotopic (exact) mass is 1260 g/mol. The molecule has 0 aliphatic carbocycles. The Balaban J connectivity index is 1.06. The average molecular weight is 1260 g/mol. The first-order valence-corrected chi connectivity index (χ1v) is 32.8. The molecule has 20 unspecified atom stereocenters. The van der Waals surface area contributed by atoms with E-state index in [4.69, 9.17) is 83.5 Å². The third-order valence-electron chi connectivity index (χ3n) is 17.8. The van der Waals surface area contributed by atoms with Crippen LogP contribution in [0.15, 0.2) is 152 Å². The summed E-state index contributed by atoms with van der Waals surface area (Å²) in [4.78, 5) is 0. The Morgan fingerprint density at radius 2 is 1.13 bits per heavy atom. The SMILES string of the molecule is [CH2-]CCCC(OC1C(C)OC2(CC(C(N)C(OCC[CH-]C)OCC(OCc3ccccc3)C(C)C(OC)OC3C(C[CH2-])OC(OC)C(N)C3OCc3ccccc3)C(C)O2)C(OCc2ccccc2)C1OCc1ccccc1)C(N)CC(C)OCc1ccccc1. The van der Waals surface area contributed by atoms with E-state index in [1.165, 1.54) is 0 Å². The van der Waals surface area contributed by atoms with Gasteiger partial charge in [-0.1, -0.05) is 165 Å². The van der Waals surface area contributed by atoms with Gasteiger partial charge in [-0.25, -0.2) is 0 Å². The molecule has 91 heavy (non-hydrogen) atoms. The lowest BCUT2D eigenvalue weighted by Crippen LogP contribution is -2.66. The summed E-state index contributed by atoms with van der Waals surface area (Å²) >= 11 is 0. The highest BCUT2D eigenvalue weighted by Gasteiger charge is 2.63. The fourth-order valence-corrected chi connectivity index (χ4v) is 12.6. The van der Waals surface area contributed by atoms with E-state index in [0.717, 1.165) is 40.7 Å². The van der Waals surface area contributed by atoms with Gasteiger partial charge in [0.05, 0.1) is 88.3 Å². The molecule has 3 aliphatic rings. The second-order valence-corrected chi connectivity index (χ2v) is 24.6. The second-order valence-electron chi connectivity index (χ2n) is 24.6. The van der Waals surface area contributed by atoms with Crippen LogP contribution in [0.4, 0.5) is 0 Å². The minimum Gasteiger partial charge on any atom is -0.374 e. The number of rotatable bonds is 39. The molecular weight excluding hydrogens is 1150 g/mol. The van der Waals surface area contributed by atoms with Crippen LogP contribution in [0.25, 0.3) is 0 Å². The molecule has 0 amide bonds. The summed E-state index contributed by atoms with van der Waals surface area (Å²) in [5.74, 6) is -2.22. The minimum absolute atomic E-state index is 0.0394. The van der Waals surface area contributed by atoms with Crippen molar-refractivity contribution in [2.75, 3.05) is 27.4 Å². The van der Waals surface area contributed by atoms with E-state index in [2.05, 4.69) is 51.5 Å². The molecule has 1 spiro atoms. The summed E-state index contributed by atoms with van der Waals surface area (Å²) in [7, 11) is 3.17. The molecular formula is C74H104N3O14-3. The molecule has 17 heteroatoms. The normalized spacial score (nSPS) is 27.8. The Kier molecular flexibility index (Phi) is 29.8. The van der Waals surface area contributed by atoms with Crippen molar-refractivity contribution in [3.63, 3.8) is 0 Å². The standard InChI is InChI=1S/C74H104N3O14/c1-10-13-40-62(60(75)42-50(4)81-44-54-30-20-15-21-31-54)87-66-53(7)91-74(70(85-48-58-38-28-19-29-39-58)69(66)84-47-57-36-26-18-27-37-57)43-59(52(6)90-74)64(76)73(80-41-14-11-2)86-49-63(82-45-55-32-22-16-23-33-55)51(5)71(78-8)89-67-61(12-3)88-72(79-9)65(77)68(67)83-46-56-34-24-17-25-35-56/h11,15-39,50-53,59-73H,1,3,10,12-14,40-49,75-77H2,2,4-9H3/q-3. The van der Waals surface area contributed by atoms with Crippen LogP contribution in [0, 0.1) is 32.1 Å². The molecule has 5 aromatic carbocycles. The van der Waals surface area contributed by atoms with Crippen LogP contribution in [0.5, 0.6) is 0 Å². The van der Waals surface area contributed by atoms with E-state index >= 15 is 0 Å². The number of benzene rings is 5. The summed E-state index contributed by atoms with van der Waals surface area (Å²) in [6.07, 6.45) is -2.78. The van der Waals surface area contributed by atoms with Gasteiger partial charge in [-0.2, -0.15) is 26.2 Å². The number of methoxy groups -OCH3 is 2. The zero-order valence-corrected chi connectivity index (χ0v) is 54.7. The third-order valence-corrected chi connectivity index (χ3v) is 17.8. The summed E-state index contributed by atoms with van der Waals surface area (Å²) in [5.41, 5.74) is 26.7. The molecule has 20 atom stereocenters. The third kappa shape index (κ3) is 20.7. The lowest BCUT2D eigenvalue weighted by Gasteiger charge is -2.51. The highest BCUT2D eigenvalue weighted by Crippen LogP contribution is 2.48. The highest BCUT2D eigenvalue weighted by atomic mass is 16.8. The molecule has 5 aromatic rings. The molecule has 0 radical (unpaired) electrons. The van der Waals surface area contributed by atoms with Crippen LogP contribution in [-0.2, 0) is 99.4 Å². The molecule has 17 nitrogen and oxygen atoms in total. The number of ether oxygens (including phenoxy) is 14. The Hall–Kier alpha value is -4.58. The van der Waals surface area contributed by atoms with E-state index in [9.17, 15) is 0 Å². The zero-order valence-electron chi connectivity index (χ0n) is 54.7. The van der Waals surface area contributed by atoms with Crippen molar-refractivity contribution in [3.8, 4) is 0 Å². The van der Waals surface area contributed by atoms with Crippen LogP contribution in [-0.4, -0.2) is 137 Å². The van der Waals surface area contributed by atoms with Gasteiger partial charge in [-0.05, 0) is 61.4 Å². The predicted molar refractivity (Wildman–Crippen MR) is 350 cm³/mol. The highest BCUT2D eigenvalue weighted by molar-refractivity contribution is 5.18. The maximum atomic E-state index is 7.59. The van der Waals surface area contributed by atoms with Crippen molar-refractivity contribution in [2.24, 2.45) is 29.0 Å². The maximum Gasteiger partial charge on any atom is 0.198 e. The van der Waals surface area contributed by atoms with Gasteiger partial charge in [0.1, 0.15) is 30.5 Å². The van der Waals surface area contributed by atoms with Gasteiger partial charge in [0, 0.05) is 45.1 Å². The van der Waals surface area contributed by atoms with Crippen LogP contribution >= 0.6 is 0 Å². The van der Waals surface area contributed by atoms with Gasteiger partial charge in [-0.15, -0.1) is 0 Å². The minimum atomic E-state index is -1.37. The summed E-state index contributed by atoms with van der Waals surface area (Å²) < 4.78 is 95.2. The van der Waals surface area contributed by atoms with E-state index in [1.54, 1.807) is 14.2 Å². The van der Waals surface area contributed by atoms with Crippen molar-refractivity contribution in [2.45, 2.75) is 223 Å². The van der Waals surface area contributed by atoms with Gasteiger partial charge in [0.25, 0.3) is 0 Å². The fourth-order valence-electron chi connectivity index (χ4n) is 12.6. The number of hydrogen-bond donors (Lipinski definition) is 3. The molecule has 3 aliphatic heterocycles. The lowest BCUT2D eigenvalue weighted by atomic mass is 9.84. The first-order chi connectivity index (χ1) is 44.3. The quantitative estimate of drug-likeness (QED) is 0.0190. The number of hydrogen-bond acceptors (Lipinski definition) is 17. The van der Waals surface area contributed by atoms with Crippen molar-refractivity contribution in [1.82, 2.24) is 0 Å². The smallest absolute Gasteiger partial charge is 0.198 e. The Morgan fingerprint density at radius 1 is 0.604 bits per heavy atom. The van der Waals surface area contributed by atoms with Gasteiger partial charge in [0.15, 0.2) is 24.7 Å². The molecule has 3 heterocycles. The first kappa shape index (κ1) is 72.3. The number of unbranched alkanes of at least 4 members (excludes halogenated alkanes) is 2. The Morgan fingerprint density at radius 3 is 1.66 bits per heavy atom. The molecule has 3 fully saturated rings. The molecule has 0 bridgehead atoms. The van der Waals surface area contributed by atoms with Crippen molar-refractivity contribution in [3.05, 3.63) is 200 Å². The topological polar surface area (TPSA) is 207 Å². The first-order valence-electron chi connectivity index (χ1n) is 32.8. The fraction of sp³-hybridized carbons (Fsp3) is 0.554. The molecule has 3 saturated heterocycles. The molecule has 502 valence electrons. The van der Waals surface area contributed by atoms with Gasteiger partial charge < -0.3 is 104 Å². The van der Waals surface area contributed by atoms with E-state index < -0.39 is 104 Å². The van der Waals surface area contributed by atoms with E-state index in [-0.39, 0.29) is 51.1 Å². The zero-order chi connectivity index (χ0) is 64.5. The van der Waals surface area contributed by atoms with Gasteiger partial charge in [0.2, 0.25) is 0 Å². The second kappa shape index (κ2) is 37.5. The van der Waals surface area contributed by atoms with Crippen molar-refractivity contribution >= 4 is 0 Å². The van der Waals surface area contributed by atoms with Crippen LogP contribution in [0.3, 0.4) is 0 Å². The van der Waals surface area contributed by atoms with E-state index in [0.29, 0.717) is 45.3 Å². The van der Waals surface area contributed by atoms with E-state index in [1.807, 2.05) is 155 Å². The van der Waals surface area contributed by atoms with Crippen LogP contribution in [0.1, 0.15) is 107 Å². The largest absolute Gasteiger partial charge is 0.374 e. The molecule has 0 saturated carbocycles. The average Bonchev–Trinajstić information content (AvgIpc) is 1.86. The summed E-state index contributed by atoms with van der Waals surface area (Å²) in [6, 6.07) is 48.4. The van der Waals surface area contributed by atoms with Crippen LogP contribution in [0.2, 0.25) is 0 Å². The summed E-state index contributed by atoms with van der Waals surface area (Å²) in [6.45, 7) is 20.5. The Labute approximate surface area is 542 Å². The molecule has 8 rings (SSSR count). The summed E-state index contributed by atoms with van der Waals surface area (Å²) in [5, 5.41) is 0. The lowest BCUT2D eigenvalue weighted by molar-refractivity contribution is -0.371. The van der Waals surface area contributed by atoms with Gasteiger partial charge >= 0.3 is 0 Å². The van der Waals surface area contributed by atoms with Crippen molar-refractivity contribution in [1.29, 1.82) is 0 Å². The molecule has 0 aromatic heterocycles. The van der Waals surface area contributed by atoms with Crippen molar-refractivity contribution < 1.29 is 66.3 Å². The maximum absolute atomic E-state index is 7.59. The number of nitrogens with two attached hydrogens (primary N) is 3. The van der Waals surface area contributed by atoms with Crippen LogP contribution < -0.4 is 17.2 Å². The van der Waals surface area contributed by atoms with Gasteiger partial charge in [-0.3, -0.25) is 0 Å².